The number of nitrogens with zero attached hydrogens (tertiary/aromatic N) is 4. The molecule has 0 aliphatic carbocycles. The fourth-order valence-corrected chi connectivity index (χ4v) is 3.36. The summed E-state index contributed by atoms with van der Waals surface area (Å²) in [5, 5.41) is 9.33. The highest BCUT2D eigenvalue weighted by molar-refractivity contribution is 7.99. The van der Waals surface area contributed by atoms with E-state index < -0.39 is 0 Å². The van der Waals surface area contributed by atoms with E-state index in [1.54, 1.807) is 12.4 Å². The van der Waals surface area contributed by atoms with Crippen molar-refractivity contribution in [2.45, 2.75) is 38.1 Å². The van der Waals surface area contributed by atoms with Gasteiger partial charge >= 0.3 is 5.97 Å². The molecule has 2 aromatic heterocycles. The first kappa shape index (κ1) is 19.1. The summed E-state index contributed by atoms with van der Waals surface area (Å²) in [5.41, 5.74) is 2.13. The highest BCUT2D eigenvalue weighted by atomic mass is 32.2. The molecule has 0 spiro atoms. The smallest absolute Gasteiger partial charge is 0.316 e. The van der Waals surface area contributed by atoms with Gasteiger partial charge in [-0.3, -0.25) is 9.78 Å². The molecule has 3 aromatic rings. The summed E-state index contributed by atoms with van der Waals surface area (Å²) >= 11 is 1.34. The Kier molecular flexibility index (Phi) is 6.59. The van der Waals surface area contributed by atoms with Crippen molar-refractivity contribution in [1.82, 2.24) is 19.7 Å². The van der Waals surface area contributed by atoms with Crippen molar-refractivity contribution in [3.8, 4) is 11.4 Å². The average Bonchev–Trinajstić information content (AvgIpc) is 3.08. The Hall–Kier alpha value is -2.67. The summed E-state index contributed by atoms with van der Waals surface area (Å²) in [4.78, 5) is 16.1. The molecule has 6 nitrogen and oxygen atoms in total. The quantitative estimate of drug-likeness (QED) is 0.438. The zero-order chi connectivity index (χ0) is 19.1. The largest absolute Gasteiger partial charge is 0.462 e. The van der Waals surface area contributed by atoms with Crippen LogP contribution < -0.4 is 0 Å². The molecule has 0 saturated heterocycles. The van der Waals surface area contributed by atoms with Crippen molar-refractivity contribution in [3.05, 3.63) is 60.4 Å². The normalized spacial score (nSPS) is 10.9. The average molecular weight is 382 g/mol. The first-order valence-electron chi connectivity index (χ1n) is 8.83. The van der Waals surface area contributed by atoms with Crippen LogP contribution in [-0.4, -0.2) is 37.6 Å². The molecule has 0 N–H and O–H groups in total. The van der Waals surface area contributed by atoms with Gasteiger partial charge in [-0.05, 0) is 38.0 Å². The van der Waals surface area contributed by atoms with Gasteiger partial charge in [0.2, 0.25) is 0 Å². The zero-order valence-corrected chi connectivity index (χ0v) is 16.2. The summed E-state index contributed by atoms with van der Waals surface area (Å²) in [6.07, 6.45) is 4.21. The Morgan fingerprint density at radius 1 is 1.15 bits per heavy atom. The molecule has 0 atom stereocenters. The lowest BCUT2D eigenvalue weighted by molar-refractivity contribution is -0.144. The van der Waals surface area contributed by atoms with Crippen LogP contribution in [0.2, 0.25) is 0 Å². The minimum atomic E-state index is -0.254. The van der Waals surface area contributed by atoms with Crippen LogP contribution in [0.4, 0.5) is 0 Å². The molecule has 0 fully saturated rings. The van der Waals surface area contributed by atoms with Gasteiger partial charge in [0.05, 0.1) is 11.9 Å². The van der Waals surface area contributed by atoms with Crippen molar-refractivity contribution in [2.75, 3.05) is 5.75 Å². The summed E-state index contributed by atoms with van der Waals surface area (Å²) in [5.74, 6) is 0.698. The molecule has 2 heterocycles. The maximum atomic E-state index is 11.9. The molecule has 0 aliphatic heterocycles. The molecular formula is C20H22N4O2S. The number of hydrogen-bond acceptors (Lipinski definition) is 6. The third kappa shape index (κ3) is 5.40. The lowest BCUT2D eigenvalue weighted by Crippen LogP contribution is -2.14. The third-order valence-electron chi connectivity index (χ3n) is 3.79. The maximum Gasteiger partial charge on any atom is 0.316 e. The summed E-state index contributed by atoms with van der Waals surface area (Å²) in [6, 6.07) is 14.1. The minimum Gasteiger partial charge on any atom is -0.462 e. The van der Waals surface area contributed by atoms with Crippen molar-refractivity contribution in [3.63, 3.8) is 0 Å². The van der Waals surface area contributed by atoms with E-state index in [1.165, 1.54) is 17.3 Å². The fraction of sp³-hybridized carbons (Fsp3) is 0.300. The van der Waals surface area contributed by atoms with E-state index in [2.05, 4.69) is 27.3 Å². The lowest BCUT2D eigenvalue weighted by atomic mass is 10.1. The van der Waals surface area contributed by atoms with E-state index in [1.807, 2.05) is 48.7 Å². The van der Waals surface area contributed by atoms with Crippen LogP contribution in [0.15, 0.2) is 60.0 Å². The lowest BCUT2D eigenvalue weighted by Gasteiger charge is -2.11. The summed E-state index contributed by atoms with van der Waals surface area (Å²) in [7, 11) is 0. The molecule has 0 amide bonds. The van der Waals surface area contributed by atoms with Crippen molar-refractivity contribution in [1.29, 1.82) is 0 Å². The van der Waals surface area contributed by atoms with Gasteiger partial charge in [-0.25, -0.2) is 0 Å². The van der Waals surface area contributed by atoms with Gasteiger partial charge in [0.15, 0.2) is 11.0 Å². The van der Waals surface area contributed by atoms with Crippen molar-refractivity contribution in [2.24, 2.45) is 0 Å². The van der Waals surface area contributed by atoms with Crippen LogP contribution in [0.3, 0.4) is 0 Å². The van der Waals surface area contributed by atoms with Crippen molar-refractivity contribution >= 4 is 17.7 Å². The number of ether oxygens (including phenoxy) is 1. The van der Waals surface area contributed by atoms with Crippen molar-refractivity contribution < 1.29 is 9.53 Å². The number of aromatic nitrogens is 4. The second kappa shape index (κ2) is 9.32. The van der Waals surface area contributed by atoms with Gasteiger partial charge < -0.3 is 9.30 Å². The minimum absolute atomic E-state index is 0.125. The highest BCUT2D eigenvalue weighted by Gasteiger charge is 2.16. The molecule has 0 bridgehead atoms. The molecule has 7 heteroatoms. The van der Waals surface area contributed by atoms with Crippen LogP contribution in [0, 0.1) is 0 Å². The molecule has 0 aliphatic rings. The summed E-state index contributed by atoms with van der Waals surface area (Å²) < 4.78 is 7.24. The van der Waals surface area contributed by atoms with Crippen LogP contribution in [0.25, 0.3) is 11.4 Å². The number of thioether (sulfide) groups is 1. The standard InChI is InChI=1S/C20H22N4O2S/c1-15(2)26-18(25)14-27-20-23-22-19(17-9-6-11-21-13-17)24(20)12-10-16-7-4-3-5-8-16/h3-9,11,13,15H,10,12,14H2,1-2H3. The SMILES string of the molecule is CC(C)OC(=O)CSc1nnc(-c2cccnc2)n1CCc1ccccc1. The Balaban J connectivity index is 1.80. The molecule has 1 aromatic carbocycles. The second-order valence-electron chi connectivity index (χ2n) is 6.26. The number of benzene rings is 1. The number of carbonyl (C=O) groups excluding carboxylic acids is 1. The van der Waals surface area contributed by atoms with Gasteiger partial charge in [-0.15, -0.1) is 10.2 Å². The molecular weight excluding hydrogens is 360 g/mol. The van der Waals surface area contributed by atoms with Crippen LogP contribution in [0.1, 0.15) is 19.4 Å². The number of esters is 1. The fourth-order valence-electron chi connectivity index (χ4n) is 2.61. The highest BCUT2D eigenvalue weighted by Crippen LogP contribution is 2.24. The molecule has 0 unspecified atom stereocenters. The number of aryl methyl sites for hydroxylation is 1. The molecule has 0 saturated carbocycles. The number of hydrogen-bond donors (Lipinski definition) is 0. The van der Waals surface area contributed by atoms with Crippen LogP contribution >= 0.6 is 11.8 Å². The Morgan fingerprint density at radius 2 is 1.96 bits per heavy atom. The monoisotopic (exact) mass is 382 g/mol. The van der Waals surface area contributed by atoms with Gasteiger partial charge in [0, 0.05) is 24.5 Å². The second-order valence-corrected chi connectivity index (χ2v) is 7.20. The molecule has 3 rings (SSSR count). The maximum absolute atomic E-state index is 11.9. The number of rotatable bonds is 8. The number of pyridine rings is 1. The zero-order valence-electron chi connectivity index (χ0n) is 15.4. The van der Waals surface area contributed by atoms with E-state index in [0.29, 0.717) is 11.7 Å². The Labute approximate surface area is 163 Å². The van der Waals surface area contributed by atoms with E-state index >= 15 is 0 Å². The number of carbonyl (C=O) groups is 1. The third-order valence-corrected chi connectivity index (χ3v) is 4.73. The van der Waals surface area contributed by atoms with Crippen LogP contribution in [-0.2, 0) is 22.5 Å². The van der Waals surface area contributed by atoms with E-state index in [0.717, 1.165) is 17.8 Å². The van der Waals surface area contributed by atoms with Gasteiger partial charge in [-0.2, -0.15) is 0 Å². The first-order chi connectivity index (χ1) is 13.1. The molecule has 27 heavy (non-hydrogen) atoms. The van der Waals surface area contributed by atoms with Gasteiger partial charge in [-0.1, -0.05) is 42.1 Å². The van der Waals surface area contributed by atoms with E-state index in [-0.39, 0.29) is 17.8 Å². The summed E-state index contributed by atoms with van der Waals surface area (Å²) in [6.45, 7) is 4.39. The van der Waals surface area contributed by atoms with E-state index in [4.69, 9.17) is 4.74 Å². The van der Waals surface area contributed by atoms with Gasteiger partial charge in [0.1, 0.15) is 0 Å². The Bertz CT molecular complexity index is 866. The van der Waals surface area contributed by atoms with E-state index in [9.17, 15) is 4.79 Å². The molecule has 0 radical (unpaired) electrons. The predicted molar refractivity (Wildman–Crippen MR) is 105 cm³/mol. The topological polar surface area (TPSA) is 69.9 Å². The first-order valence-corrected chi connectivity index (χ1v) is 9.82. The van der Waals surface area contributed by atoms with Gasteiger partial charge in [0.25, 0.3) is 0 Å². The van der Waals surface area contributed by atoms with Crippen LogP contribution in [0.5, 0.6) is 0 Å². The molecule has 140 valence electrons. The Morgan fingerprint density at radius 3 is 2.67 bits per heavy atom. The predicted octanol–water partition coefficient (Wildman–Crippen LogP) is 3.63.